The van der Waals surface area contributed by atoms with Gasteiger partial charge in [0, 0.05) is 12.3 Å². The molecule has 23 heavy (non-hydrogen) atoms. The predicted molar refractivity (Wildman–Crippen MR) is 86.9 cm³/mol. The molecule has 0 saturated heterocycles. The van der Waals surface area contributed by atoms with Gasteiger partial charge in [0.25, 0.3) is 0 Å². The van der Waals surface area contributed by atoms with Gasteiger partial charge < -0.3 is 9.47 Å². The number of aryl methyl sites for hydroxylation is 1. The first-order chi connectivity index (χ1) is 11.2. The van der Waals surface area contributed by atoms with Crippen LogP contribution in [0.5, 0.6) is 17.4 Å². The maximum atomic E-state index is 12.2. The Morgan fingerprint density at radius 3 is 2.26 bits per heavy atom. The third kappa shape index (κ3) is 3.74. The van der Waals surface area contributed by atoms with Gasteiger partial charge in [-0.1, -0.05) is 35.9 Å². The summed E-state index contributed by atoms with van der Waals surface area (Å²) >= 11 is 0. The molecule has 0 spiro atoms. The number of para-hydroxylation sites is 2. The van der Waals surface area contributed by atoms with Crippen LogP contribution in [0.1, 0.15) is 15.9 Å². The van der Waals surface area contributed by atoms with Gasteiger partial charge in [-0.3, -0.25) is 0 Å². The minimum Gasteiger partial charge on any atom is -0.435 e. The highest BCUT2D eigenvalue weighted by atomic mass is 16.6. The lowest BCUT2D eigenvalue weighted by Gasteiger charge is -2.10. The summed E-state index contributed by atoms with van der Waals surface area (Å²) in [4.78, 5) is 16.3. The first-order valence-electron chi connectivity index (χ1n) is 7.19. The van der Waals surface area contributed by atoms with E-state index in [0.717, 1.165) is 5.56 Å². The average Bonchev–Trinajstić information content (AvgIpc) is 2.58. The number of carbonyl (C=O) groups is 1. The van der Waals surface area contributed by atoms with Crippen molar-refractivity contribution >= 4 is 5.97 Å². The molecular formula is C19H15NO3. The van der Waals surface area contributed by atoms with E-state index in [4.69, 9.17) is 9.47 Å². The van der Waals surface area contributed by atoms with Crippen LogP contribution in [-0.4, -0.2) is 11.0 Å². The fourth-order valence-corrected chi connectivity index (χ4v) is 1.99. The number of hydrogen-bond acceptors (Lipinski definition) is 4. The zero-order valence-electron chi connectivity index (χ0n) is 12.6. The molecule has 0 radical (unpaired) electrons. The van der Waals surface area contributed by atoms with E-state index in [1.165, 1.54) is 0 Å². The van der Waals surface area contributed by atoms with Gasteiger partial charge in [0.15, 0.2) is 11.5 Å². The van der Waals surface area contributed by atoms with Crippen LogP contribution < -0.4 is 9.47 Å². The highest BCUT2D eigenvalue weighted by molar-refractivity contribution is 5.91. The fourth-order valence-electron chi connectivity index (χ4n) is 1.99. The molecule has 0 aliphatic rings. The van der Waals surface area contributed by atoms with E-state index in [1.54, 1.807) is 48.7 Å². The molecule has 0 bridgehead atoms. The second-order valence-electron chi connectivity index (χ2n) is 4.97. The number of rotatable bonds is 4. The Labute approximate surface area is 134 Å². The summed E-state index contributed by atoms with van der Waals surface area (Å²) in [5.74, 6) is 0.795. The first kappa shape index (κ1) is 14.8. The molecule has 0 aliphatic carbocycles. The molecule has 114 valence electrons. The normalized spacial score (nSPS) is 10.1. The van der Waals surface area contributed by atoms with E-state index in [0.29, 0.717) is 22.9 Å². The molecule has 1 aromatic heterocycles. The Morgan fingerprint density at radius 2 is 1.57 bits per heavy atom. The minimum atomic E-state index is -0.429. The van der Waals surface area contributed by atoms with E-state index >= 15 is 0 Å². The Balaban J connectivity index is 1.80. The third-order valence-electron chi connectivity index (χ3n) is 3.19. The van der Waals surface area contributed by atoms with Gasteiger partial charge in [-0.2, -0.15) is 0 Å². The molecule has 0 atom stereocenters. The van der Waals surface area contributed by atoms with Crippen molar-refractivity contribution in [3.8, 4) is 17.4 Å². The third-order valence-corrected chi connectivity index (χ3v) is 3.19. The molecule has 4 nitrogen and oxygen atoms in total. The standard InChI is InChI=1S/C19H15NO3/c1-14-9-11-15(12-10-14)19(21)23-17-7-3-2-6-16(17)22-18-8-4-5-13-20-18/h2-13H,1H3. The number of benzene rings is 2. The molecule has 1 heterocycles. The molecule has 0 amide bonds. The molecule has 0 N–H and O–H groups in total. The van der Waals surface area contributed by atoms with Gasteiger partial charge in [0.05, 0.1) is 5.56 Å². The maximum absolute atomic E-state index is 12.2. The Morgan fingerprint density at radius 1 is 0.870 bits per heavy atom. The summed E-state index contributed by atoms with van der Waals surface area (Å²) in [5, 5.41) is 0. The lowest BCUT2D eigenvalue weighted by molar-refractivity contribution is 0.0730. The Hall–Kier alpha value is -3.14. The highest BCUT2D eigenvalue weighted by Crippen LogP contribution is 2.30. The van der Waals surface area contributed by atoms with E-state index in [9.17, 15) is 4.79 Å². The van der Waals surface area contributed by atoms with E-state index in [-0.39, 0.29) is 0 Å². The number of ether oxygens (including phenoxy) is 2. The van der Waals surface area contributed by atoms with Crippen molar-refractivity contribution in [3.05, 3.63) is 84.1 Å². The van der Waals surface area contributed by atoms with Crippen molar-refractivity contribution in [2.75, 3.05) is 0 Å². The van der Waals surface area contributed by atoms with Crippen molar-refractivity contribution in [1.29, 1.82) is 0 Å². The van der Waals surface area contributed by atoms with Crippen LogP contribution in [0.15, 0.2) is 72.9 Å². The van der Waals surface area contributed by atoms with Gasteiger partial charge in [0.1, 0.15) is 0 Å². The summed E-state index contributed by atoms with van der Waals surface area (Å²) in [6.07, 6.45) is 1.64. The van der Waals surface area contributed by atoms with Crippen LogP contribution in [0.25, 0.3) is 0 Å². The summed E-state index contributed by atoms with van der Waals surface area (Å²) in [5.41, 5.74) is 1.57. The average molecular weight is 305 g/mol. The lowest BCUT2D eigenvalue weighted by atomic mass is 10.1. The van der Waals surface area contributed by atoms with E-state index in [2.05, 4.69) is 4.98 Å². The molecule has 0 fully saturated rings. The molecule has 3 aromatic rings. The fraction of sp³-hybridized carbons (Fsp3) is 0.0526. The smallest absolute Gasteiger partial charge is 0.343 e. The van der Waals surface area contributed by atoms with E-state index in [1.807, 2.05) is 31.2 Å². The molecular weight excluding hydrogens is 290 g/mol. The lowest BCUT2D eigenvalue weighted by Crippen LogP contribution is -2.09. The second kappa shape index (κ2) is 6.75. The first-order valence-corrected chi connectivity index (χ1v) is 7.19. The van der Waals surface area contributed by atoms with Crippen molar-refractivity contribution in [2.45, 2.75) is 6.92 Å². The van der Waals surface area contributed by atoms with Crippen LogP contribution in [0.3, 0.4) is 0 Å². The van der Waals surface area contributed by atoms with Crippen LogP contribution in [0.2, 0.25) is 0 Å². The number of carbonyl (C=O) groups excluding carboxylic acids is 1. The maximum Gasteiger partial charge on any atom is 0.343 e. The van der Waals surface area contributed by atoms with Gasteiger partial charge in [-0.15, -0.1) is 0 Å². The molecule has 4 heteroatoms. The highest BCUT2D eigenvalue weighted by Gasteiger charge is 2.13. The zero-order chi connectivity index (χ0) is 16.1. The Bertz CT molecular complexity index is 798. The summed E-state index contributed by atoms with van der Waals surface area (Å²) in [6, 6.07) is 19.6. The molecule has 0 saturated carbocycles. The molecule has 2 aromatic carbocycles. The van der Waals surface area contributed by atoms with Crippen molar-refractivity contribution in [1.82, 2.24) is 4.98 Å². The van der Waals surface area contributed by atoms with E-state index < -0.39 is 5.97 Å². The number of nitrogens with zero attached hydrogens (tertiary/aromatic N) is 1. The molecule has 3 rings (SSSR count). The van der Waals surface area contributed by atoms with Gasteiger partial charge in [-0.25, -0.2) is 9.78 Å². The number of aromatic nitrogens is 1. The molecule has 0 unspecified atom stereocenters. The summed E-state index contributed by atoms with van der Waals surface area (Å²) in [6.45, 7) is 1.96. The summed E-state index contributed by atoms with van der Waals surface area (Å²) < 4.78 is 11.1. The minimum absolute atomic E-state index is 0.351. The van der Waals surface area contributed by atoms with Gasteiger partial charge in [-0.05, 0) is 37.3 Å². The van der Waals surface area contributed by atoms with Crippen LogP contribution in [0, 0.1) is 6.92 Å². The molecule has 0 aliphatic heterocycles. The van der Waals surface area contributed by atoms with Crippen LogP contribution >= 0.6 is 0 Å². The number of pyridine rings is 1. The number of hydrogen-bond donors (Lipinski definition) is 0. The summed E-state index contributed by atoms with van der Waals surface area (Å²) in [7, 11) is 0. The Kier molecular flexibility index (Phi) is 4.34. The second-order valence-corrected chi connectivity index (χ2v) is 4.97. The van der Waals surface area contributed by atoms with Crippen LogP contribution in [-0.2, 0) is 0 Å². The zero-order valence-corrected chi connectivity index (χ0v) is 12.6. The van der Waals surface area contributed by atoms with Crippen molar-refractivity contribution < 1.29 is 14.3 Å². The van der Waals surface area contributed by atoms with Crippen molar-refractivity contribution in [2.24, 2.45) is 0 Å². The monoisotopic (exact) mass is 305 g/mol. The van der Waals surface area contributed by atoms with Crippen molar-refractivity contribution in [3.63, 3.8) is 0 Å². The predicted octanol–water partition coefficient (Wildman–Crippen LogP) is 4.40. The topological polar surface area (TPSA) is 48.4 Å². The largest absolute Gasteiger partial charge is 0.435 e. The van der Waals surface area contributed by atoms with Gasteiger partial charge in [0.2, 0.25) is 5.88 Å². The van der Waals surface area contributed by atoms with Gasteiger partial charge >= 0.3 is 5.97 Å². The SMILES string of the molecule is Cc1ccc(C(=O)Oc2ccccc2Oc2ccccn2)cc1. The van der Waals surface area contributed by atoms with Crippen LogP contribution in [0.4, 0.5) is 0 Å². The quantitative estimate of drug-likeness (QED) is 0.529. The number of esters is 1.